The molecule has 84 valence electrons. The van der Waals surface area contributed by atoms with Gasteiger partial charge in [-0.2, -0.15) is 0 Å². The Morgan fingerprint density at radius 2 is 2.33 bits per heavy atom. The van der Waals surface area contributed by atoms with E-state index in [1.165, 1.54) is 0 Å². The van der Waals surface area contributed by atoms with E-state index in [0.717, 1.165) is 5.56 Å². The molecule has 1 unspecified atom stereocenters. The molecule has 1 N–H and O–H groups in total. The first-order valence-corrected chi connectivity index (χ1v) is 5.31. The molecule has 4 heteroatoms. The standard InChI is InChI=1S/C11H16ClNO2/c1-3-15-8-11(2,14)6-9-4-5-13-7-10(9)12/h4-5,7,14H,3,6,8H2,1-2H3. The molecule has 1 aromatic rings. The Morgan fingerprint density at radius 3 is 2.93 bits per heavy atom. The maximum Gasteiger partial charge on any atom is 0.0892 e. The third-order valence-electron chi connectivity index (χ3n) is 2.04. The van der Waals surface area contributed by atoms with Gasteiger partial charge in [0.2, 0.25) is 0 Å². The molecule has 0 amide bonds. The predicted octanol–water partition coefficient (Wildman–Crippen LogP) is 2.06. The number of ether oxygens (including phenoxy) is 1. The van der Waals surface area contributed by atoms with Crippen LogP contribution in [-0.4, -0.2) is 28.9 Å². The zero-order valence-corrected chi connectivity index (χ0v) is 9.79. The van der Waals surface area contributed by atoms with Crippen LogP contribution in [0.4, 0.5) is 0 Å². The van der Waals surface area contributed by atoms with Crippen LogP contribution in [0.5, 0.6) is 0 Å². The molecule has 0 aliphatic rings. The summed E-state index contributed by atoms with van der Waals surface area (Å²) >= 11 is 5.95. The van der Waals surface area contributed by atoms with E-state index in [-0.39, 0.29) is 0 Å². The fraction of sp³-hybridized carbons (Fsp3) is 0.545. The summed E-state index contributed by atoms with van der Waals surface area (Å²) in [6.45, 7) is 4.54. The van der Waals surface area contributed by atoms with Crippen LogP contribution in [0.3, 0.4) is 0 Å². The van der Waals surface area contributed by atoms with Crippen LogP contribution in [0.25, 0.3) is 0 Å². The molecule has 0 spiro atoms. The SMILES string of the molecule is CCOCC(C)(O)Cc1ccncc1Cl. The minimum atomic E-state index is -0.888. The van der Waals surface area contributed by atoms with Gasteiger partial charge in [0.25, 0.3) is 0 Å². The average Bonchev–Trinajstić information content (AvgIpc) is 2.18. The van der Waals surface area contributed by atoms with Crippen molar-refractivity contribution in [2.45, 2.75) is 25.9 Å². The van der Waals surface area contributed by atoms with E-state index in [1.807, 2.05) is 13.0 Å². The van der Waals surface area contributed by atoms with Crippen molar-refractivity contribution in [1.29, 1.82) is 0 Å². The van der Waals surface area contributed by atoms with Gasteiger partial charge in [-0.1, -0.05) is 11.6 Å². The maximum atomic E-state index is 10.0. The lowest BCUT2D eigenvalue weighted by molar-refractivity contribution is -0.0296. The van der Waals surface area contributed by atoms with Crippen molar-refractivity contribution in [2.24, 2.45) is 0 Å². The van der Waals surface area contributed by atoms with Crippen molar-refractivity contribution < 1.29 is 9.84 Å². The first-order chi connectivity index (χ1) is 7.05. The van der Waals surface area contributed by atoms with Crippen molar-refractivity contribution in [3.63, 3.8) is 0 Å². The molecule has 0 radical (unpaired) electrons. The molecule has 0 aromatic carbocycles. The van der Waals surface area contributed by atoms with E-state index in [0.29, 0.717) is 24.7 Å². The average molecular weight is 230 g/mol. The monoisotopic (exact) mass is 229 g/mol. The molecular formula is C11H16ClNO2. The highest BCUT2D eigenvalue weighted by molar-refractivity contribution is 6.31. The number of hydrogen-bond donors (Lipinski definition) is 1. The number of hydrogen-bond acceptors (Lipinski definition) is 3. The van der Waals surface area contributed by atoms with Crippen molar-refractivity contribution >= 4 is 11.6 Å². The van der Waals surface area contributed by atoms with Gasteiger partial charge >= 0.3 is 0 Å². The summed E-state index contributed by atoms with van der Waals surface area (Å²) < 4.78 is 5.20. The van der Waals surface area contributed by atoms with Crippen LogP contribution in [0.2, 0.25) is 5.02 Å². The second kappa shape index (κ2) is 5.45. The Hall–Kier alpha value is -0.640. The highest BCUT2D eigenvalue weighted by atomic mass is 35.5. The quantitative estimate of drug-likeness (QED) is 0.841. The molecule has 3 nitrogen and oxygen atoms in total. The van der Waals surface area contributed by atoms with Crippen LogP contribution in [0.1, 0.15) is 19.4 Å². The molecular weight excluding hydrogens is 214 g/mol. The smallest absolute Gasteiger partial charge is 0.0892 e. The van der Waals surface area contributed by atoms with Crippen LogP contribution < -0.4 is 0 Å². The van der Waals surface area contributed by atoms with Crippen molar-refractivity contribution in [1.82, 2.24) is 4.98 Å². The van der Waals surface area contributed by atoms with E-state index in [1.54, 1.807) is 19.3 Å². The maximum absolute atomic E-state index is 10.0. The first-order valence-electron chi connectivity index (χ1n) is 4.93. The lowest BCUT2D eigenvalue weighted by Crippen LogP contribution is -2.33. The second-order valence-electron chi connectivity index (χ2n) is 3.78. The summed E-state index contributed by atoms with van der Waals surface area (Å²) in [5.74, 6) is 0. The van der Waals surface area contributed by atoms with Crippen LogP contribution in [0.15, 0.2) is 18.5 Å². The normalized spacial score (nSPS) is 14.9. The highest BCUT2D eigenvalue weighted by Crippen LogP contribution is 2.20. The molecule has 1 heterocycles. The molecule has 1 rings (SSSR count). The Kier molecular flexibility index (Phi) is 4.51. The van der Waals surface area contributed by atoms with Gasteiger partial charge in [-0.25, -0.2) is 0 Å². The first kappa shape index (κ1) is 12.4. The summed E-state index contributed by atoms with van der Waals surface area (Å²) in [6, 6.07) is 1.81. The lowest BCUT2D eigenvalue weighted by Gasteiger charge is -2.23. The van der Waals surface area contributed by atoms with Crippen molar-refractivity contribution in [3.05, 3.63) is 29.0 Å². The minimum Gasteiger partial charge on any atom is -0.387 e. The van der Waals surface area contributed by atoms with Crippen molar-refractivity contribution in [2.75, 3.05) is 13.2 Å². The Bertz CT molecular complexity index is 315. The zero-order chi connectivity index (χ0) is 11.3. The zero-order valence-electron chi connectivity index (χ0n) is 9.03. The fourth-order valence-electron chi connectivity index (χ4n) is 1.33. The molecule has 1 atom stereocenters. The van der Waals surface area contributed by atoms with Gasteiger partial charge in [-0.15, -0.1) is 0 Å². The van der Waals surface area contributed by atoms with Gasteiger partial charge in [0.05, 0.1) is 17.2 Å². The summed E-state index contributed by atoms with van der Waals surface area (Å²) in [4.78, 5) is 3.89. The molecule has 1 aromatic heterocycles. The van der Waals surface area contributed by atoms with E-state index in [4.69, 9.17) is 16.3 Å². The number of halogens is 1. The number of aromatic nitrogens is 1. The molecule has 15 heavy (non-hydrogen) atoms. The molecule has 0 bridgehead atoms. The van der Waals surface area contributed by atoms with Gasteiger partial charge in [0.15, 0.2) is 0 Å². The van der Waals surface area contributed by atoms with Gasteiger partial charge in [0.1, 0.15) is 0 Å². The summed E-state index contributed by atoms with van der Waals surface area (Å²) in [5, 5.41) is 10.6. The lowest BCUT2D eigenvalue weighted by atomic mass is 9.98. The molecule has 0 saturated heterocycles. The third kappa shape index (κ3) is 4.16. The van der Waals surface area contributed by atoms with E-state index in [2.05, 4.69) is 4.98 Å². The van der Waals surface area contributed by atoms with E-state index in [9.17, 15) is 5.11 Å². The Morgan fingerprint density at radius 1 is 1.60 bits per heavy atom. The molecule has 0 aliphatic carbocycles. The third-order valence-corrected chi connectivity index (χ3v) is 2.39. The topological polar surface area (TPSA) is 42.4 Å². The number of aliphatic hydroxyl groups is 1. The minimum absolute atomic E-state index is 0.308. The molecule has 0 saturated carbocycles. The molecule has 0 fully saturated rings. The summed E-state index contributed by atoms with van der Waals surface area (Å²) in [7, 11) is 0. The largest absolute Gasteiger partial charge is 0.387 e. The number of nitrogens with zero attached hydrogens (tertiary/aromatic N) is 1. The summed E-state index contributed by atoms with van der Waals surface area (Å²) in [5.41, 5.74) is -0.00237. The van der Waals surface area contributed by atoms with Gasteiger partial charge in [-0.3, -0.25) is 4.98 Å². The fourth-order valence-corrected chi connectivity index (χ4v) is 1.52. The molecule has 0 aliphatic heterocycles. The van der Waals surface area contributed by atoms with Gasteiger partial charge in [-0.05, 0) is 25.5 Å². The predicted molar refractivity (Wildman–Crippen MR) is 60.1 cm³/mol. The van der Waals surface area contributed by atoms with E-state index >= 15 is 0 Å². The second-order valence-corrected chi connectivity index (χ2v) is 4.19. The number of rotatable bonds is 5. The van der Waals surface area contributed by atoms with Crippen molar-refractivity contribution in [3.8, 4) is 0 Å². The van der Waals surface area contributed by atoms with Crippen LogP contribution in [0, 0.1) is 0 Å². The highest BCUT2D eigenvalue weighted by Gasteiger charge is 2.22. The summed E-state index contributed by atoms with van der Waals surface area (Å²) in [6.07, 6.45) is 3.71. The van der Waals surface area contributed by atoms with Gasteiger partial charge < -0.3 is 9.84 Å². The number of pyridine rings is 1. The Labute approximate surface area is 95.1 Å². The van der Waals surface area contributed by atoms with Crippen LogP contribution in [-0.2, 0) is 11.2 Å². The van der Waals surface area contributed by atoms with E-state index < -0.39 is 5.60 Å². The van der Waals surface area contributed by atoms with Crippen LogP contribution >= 0.6 is 11.6 Å². The van der Waals surface area contributed by atoms with Gasteiger partial charge in [0, 0.05) is 25.4 Å². The Balaban J connectivity index is 2.64.